The molecule has 2 bridgehead atoms. The Morgan fingerprint density at radius 2 is 2.08 bits per heavy atom. The molecule has 4 rings (SSSR count). The standard InChI is InChI=1S/C20H23N3O3/c1-12-6-14(10-22(2)19(12)24)13-4-5-17(18(7-13)26-3)20(25)23-11-15-8-16(23)9-21-15/h4-7,10,15-16,21H,8-9,11H2,1-3H3/t15-,16-/m0/s1. The molecular formula is C20H23N3O3. The number of pyridine rings is 1. The van der Waals surface area contributed by atoms with E-state index in [4.69, 9.17) is 4.74 Å². The van der Waals surface area contributed by atoms with E-state index in [-0.39, 0.29) is 17.5 Å². The summed E-state index contributed by atoms with van der Waals surface area (Å²) in [5.41, 5.74) is 3.10. The summed E-state index contributed by atoms with van der Waals surface area (Å²) in [6, 6.07) is 8.19. The number of hydrogen-bond donors (Lipinski definition) is 1. The Kier molecular flexibility index (Phi) is 4.07. The number of nitrogens with one attached hydrogen (secondary N) is 1. The Morgan fingerprint density at radius 1 is 1.27 bits per heavy atom. The number of fused-ring (bicyclic) bond motifs is 2. The highest BCUT2D eigenvalue weighted by molar-refractivity contribution is 5.98. The van der Waals surface area contributed by atoms with Gasteiger partial charge in [0.25, 0.3) is 11.5 Å². The molecule has 136 valence electrons. The second kappa shape index (κ2) is 6.29. The van der Waals surface area contributed by atoms with Gasteiger partial charge in [-0.3, -0.25) is 9.59 Å². The number of aryl methyl sites for hydroxylation is 2. The molecule has 6 heteroatoms. The molecule has 2 aliphatic heterocycles. The summed E-state index contributed by atoms with van der Waals surface area (Å²) in [4.78, 5) is 26.9. The monoisotopic (exact) mass is 353 g/mol. The predicted molar refractivity (Wildman–Crippen MR) is 99.6 cm³/mol. The Balaban J connectivity index is 1.69. The van der Waals surface area contributed by atoms with Crippen molar-refractivity contribution in [2.45, 2.75) is 25.4 Å². The first kappa shape index (κ1) is 16.8. The summed E-state index contributed by atoms with van der Waals surface area (Å²) < 4.78 is 7.09. The summed E-state index contributed by atoms with van der Waals surface area (Å²) >= 11 is 0. The summed E-state index contributed by atoms with van der Waals surface area (Å²) in [5, 5.41) is 3.41. The lowest BCUT2D eigenvalue weighted by atomic mass is 10.0. The third kappa shape index (κ3) is 2.70. The minimum Gasteiger partial charge on any atom is -0.496 e. The average Bonchev–Trinajstić information content (AvgIpc) is 3.28. The third-order valence-corrected chi connectivity index (χ3v) is 5.45. The molecule has 2 aromatic rings. The van der Waals surface area contributed by atoms with Gasteiger partial charge in [0.15, 0.2) is 0 Å². The molecule has 6 nitrogen and oxygen atoms in total. The number of hydrogen-bond acceptors (Lipinski definition) is 4. The molecule has 2 atom stereocenters. The van der Waals surface area contributed by atoms with Gasteiger partial charge in [0.1, 0.15) is 5.75 Å². The van der Waals surface area contributed by atoms with E-state index in [1.165, 1.54) is 0 Å². The fourth-order valence-corrected chi connectivity index (χ4v) is 4.05. The van der Waals surface area contributed by atoms with E-state index in [1.54, 1.807) is 31.8 Å². The molecule has 0 unspecified atom stereocenters. The highest BCUT2D eigenvalue weighted by Gasteiger charge is 2.40. The van der Waals surface area contributed by atoms with Crippen molar-refractivity contribution in [1.29, 1.82) is 0 Å². The van der Waals surface area contributed by atoms with Gasteiger partial charge < -0.3 is 19.5 Å². The van der Waals surface area contributed by atoms with Crippen LogP contribution in [0.2, 0.25) is 0 Å². The van der Waals surface area contributed by atoms with Crippen LogP contribution in [-0.4, -0.2) is 47.7 Å². The van der Waals surface area contributed by atoms with Crippen molar-refractivity contribution in [2.24, 2.45) is 7.05 Å². The lowest BCUT2D eigenvalue weighted by Gasteiger charge is -2.28. The molecule has 2 saturated heterocycles. The van der Waals surface area contributed by atoms with E-state index in [0.717, 1.165) is 30.6 Å². The lowest BCUT2D eigenvalue weighted by Crippen LogP contribution is -2.46. The first-order valence-electron chi connectivity index (χ1n) is 8.88. The molecule has 2 aliphatic rings. The SMILES string of the molecule is COc1cc(-c2cc(C)c(=O)n(C)c2)ccc1C(=O)N1C[C@@H]2C[C@H]1CN2. The summed E-state index contributed by atoms with van der Waals surface area (Å²) in [7, 11) is 3.32. The van der Waals surface area contributed by atoms with Gasteiger partial charge in [0, 0.05) is 44.0 Å². The number of methoxy groups -OCH3 is 1. The van der Waals surface area contributed by atoms with Crippen LogP contribution in [0.5, 0.6) is 5.75 Å². The molecule has 1 N–H and O–H groups in total. The van der Waals surface area contributed by atoms with Crippen molar-refractivity contribution in [3.8, 4) is 16.9 Å². The number of rotatable bonds is 3. The van der Waals surface area contributed by atoms with Crippen molar-refractivity contribution in [1.82, 2.24) is 14.8 Å². The van der Waals surface area contributed by atoms with Crippen molar-refractivity contribution in [3.05, 3.63) is 51.9 Å². The highest BCUT2D eigenvalue weighted by atomic mass is 16.5. The Morgan fingerprint density at radius 3 is 2.69 bits per heavy atom. The van der Waals surface area contributed by atoms with Gasteiger partial charge in [-0.1, -0.05) is 6.07 Å². The molecule has 0 aliphatic carbocycles. The maximum atomic E-state index is 13.0. The van der Waals surface area contributed by atoms with Crippen molar-refractivity contribution >= 4 is 5.91 Å². The zero-order valence-corrected chi connectivity index (χ0v) is 15.3. The second-order valence-corrected chi connectivity index (χ2v) is 7.20. The van der Waals surface area contributed by atoms with Crippen molar-refractivity contribution in [3.63, 3.8) is 0 Å². The topological polar surface area (TPSA) is 63.6 Å². The van der Waals surface area contributed by atoms with Crippen LogP contribution < -0.4 is 15.6 Å². The van der Waals surface area contributed by atoms with E-state index in [1.807, 2.05) is 29.2 Å². The maximum Gasteiger partial charge on any atom is 0.257 e. The van der Waals surface area contributed by atoms with Gasteiger partial charge in [0.2, 0.25) is 0 Å². The number of aromatic nitrogens is 1. The van der Waals surface area contributed by atoms with E-state index >= 15 is 0 Å². The normalized spacial score (nSPS) is 21.3. The fourth-order valence-electron chi connectivity index (χ4n) is 4.05. The van der Waals surface area contributed by atoms with Gasteiger partial charge in [-0.2, -0.15) is 0 Å². The van der Waals surface area contributed by atoms with Crippen LogP contribution in [0.15, 0.2) is 35.3 Å². The Hall–Kier alpha value is -2.60. The molecule has 0 spiro atoms. The fraction of sp³-hybridized carbons (Fsp3) is 0.400. The van der Waals surface area contributed by atoms with Crippen LogP contribution in [0, 0.1) is 6.92 Å². The van der Waals surface area contributed by atoms with Crippen LogP contribution >= 0.6 is 0 Å². The number of nitrogens with zero attached hydrogens (tertiary/aromatic N) is 2. The van der Waals surface area contributed by atoms with Crippen molar-refractivity contribution in [2.75, 3.05) is 20.2 Å². The predicted octanol–water partition coefficient (Wildman–Crippen LogP) is 1.56. The molecular weight excluding hydrogens is 330 g/mol. The molecule has 0 radical (unpaired) electrons. The van der Waals surface area contributed by atoms with Crippen LogP contribution in [-0.2, 0) is 7.05 Å². The van der Waals surface area contributed by atoms with Crippen LogP contribution in [0.3, 0.4) is 0 Å². The van der Waals surface area contributed by atoms with E-state index in [9.17, 15) is 9.59 Å². The van der Waals surface area contributed by atoms with Crippen LogP contribution in [0.4, 0.5) is 0 Å². The average molecular weight is 353 g/mol. The third-order valence-electron chi connectivity index (χ3n) is 5.45. The second-order valence-electron chi connectivity index (χ2n) is 7.20. The first-order valence-corrected chi connectivity index (χ1v) is 8.88. The summed E-state index contributed by atoms with van der Waals surface area (Å²) in [6.45, 7) is 3.43. The van der Waals surface area contributed by atoms with E-state index < -0.39 is 0 Å². The Labute approximate surface area is 152 Å². The Bertz CT molecular complexity index is 908. The minimum atomic E-state index is -0.00907. The zero-order valence-electron chi connectivity index (χ0n) is 15.3. The van der Waals surface area contributed by atoms with Crippen molar-refractivity contribution < 1.29 is 9.53 Å². The number of benzene rings is 1. The highest BCUT2D eigenvalue weighted by Crippen LogP contribution is 2.31. The molecule has 1 amide bonds. The molecule has 26 heavy (non-hydrogen) atoms. The molecule has 1 aromatic heterocycles. The first-order chi connectivity index (χ1) is 12.5. The minimum absolute atomic E-state index is 0.00907. The molecule has 3 heterocycles. The van der Waals surface area contributed by atoms with Gasteiger partial charge in [-0.05, 0) is 42.7 Å². The molecule has 2 fully saturated rings. The number of likely N-dealkylation sites (tertiary alicyclic amines) is 1. The summed E-state index contributed by atoms with van der Waals surface area (Å²) in [5.74, 6) is 0.591. The van der Waals surface area contributed by atoms with Crippen LogP contribution in [0.25, 0.3) is 11.1 Å². The number of amides is 1. The van der Waals surface area contributed by atoms with Gasteiger partial charge in [-0.25, -0.2) is 0 Å². The maximum absolute atomic E-state index is 13.0. The molecule has 1 aromatic carbocycles. The van der Waals surface area contributed by atoms with Gasteiger partial charge in [0.05, 0.1) is 12.7 Å². The largest absolute Gasteiger partial charge is 0.496 e. The number of piperazine rings is 1. The summed E-state index contributed by atoms with van der Waals surface area (Å²) in [6.07, 6.45) is 2.83. The van der Waals surface area contributed by atoms with Gasteiger partial charge in [-0.15, -0.1) is 0 Å². The number of carbonyl (C=O) groups is 1. The lowest BCUT2D eigenvalue weighted by molar-refractivity contribution is 0.0712. The van der Waals surface area contributed by atoms with E-state index in [2.05, 4.69) is 5.32 Å². The number of carbonyl (C=O) groups excluding carboxylic acids is 1. The smallest absolute Gasteiger partial charge is 0.257 e. The van der Waals surface area contributed by atoms with E-state index in [0.29, 0.717) is 22.9 Å². The quantitative estimate of drug-likeness (QED) is 0.910. The zero-order chi connectivity index (χ0) is 18.4. The number of ether oxygens (including phenoxy) is 1. The van der Waals surface area contributed by atoms with Crippen LogP contribution in [0.1, 0.15) is 22.3 Å². The molecule has 0 saturated carbocycles. The van der Waals surface area contributed by atoms with Gasteiger partial charge >= 0.3 is 0 Å².